The van der Waals surface area contributed by atoms with E-state index in [-0.39, 0.29) is 5.91 Å². The molecule has 0 radical (unpaired) electrons. The van der Waals surface area contributed by atoms with E-state index < -0.39 is 0 Å². The quantitative estimate of drug-likeness (QED) is 0.603. The van der Waals surface area contributed by atoms with Crippen molar-refractivity contribution in [1.29, 1.82) is 0 Å². The molecule has 146 valence electrons. The maximum absolute atomic E-state index is 12.3. The van der Waals surface area contributed by atoms with Crippen molar-refractivity contribution in [3.63, 3.8) is 0 Å². The number of rotatable bonds is 9. The molecule has 1 saturated carbocycles. The Labute approximate surface area is 164 Å². The summed E-state index contributed by atoms with van der Waals surface area (Å²) in [5.41, 5.74) is 0.730. The number of hydrogen-bond acceptors (Lipinski definition) is 4. The Morgan fingerprint density at radius 2 is 2.21 bits per heavy atom. The molecule has 1 aliphatic carbocycles. The summed E-state index contributed by atoms with van der Waals surface area (Å²) in [6, 6.07) is 13.4. The summed E-state index contributed by atoms with van der Waals surface area (Å²) in [5, 5.41) is 7.07. The molecule has 1 amide bonds. The van der Waals surface area contributed by atoms with Gasteiger partial charge < -0.3 is 14.5 Å². The van der Waals surface area contributed by atoms with Crippen molar-refractivity contribution in [3.8, 4) is 5.75 Å². The number of nitrogens with zero attached hydrogens (tertiary/aromatic N) is 2. The number of benzene rings is 1. The first kappa shape index (κ1) is 18.3. The summed E-state index contributed by atoms with van der Waals surface area (Å²) in [7, 11) is 0. The van der Waals surface area contributed by atoms with Crippen LogP contribution < -0.4 is 10.1 Å². The largest absolute Gasteiger partial charge is 0.492 e. The highest BCUT2D eigenvalue weighted by Gasteiger charge is 2.36. The SMILES string of the molecule is CC1CC1c1ccc(CCC(=O)Nc2cccc(OCCn3cccn3)c2)o1. The van der Waals surface area contributed by atoms with Gasteiger partial charge in [-0.05, 0) is 42.7 Å². The number of hydrogen-bond donors (Lipinski definition) is 1. The average molecular weight is 379 g/mol. The number of aromatic nitrogens is 2. The molecule has 0 saturated heterocycles. The summed E-state index contributed by atoms with van der Waals surface area (Å²) in [5.74, 6) is 3.91. The van der Waals surface area contributed by atoms with Crippen LogP contribution in [-0.4, -0.2) is 22.3 Å². The second kappa shape index (κ2) is 8.33. The molecule has 2 heterocycles. The van der Waals surface area contributed by atoms with Crippen molar-refractivity contribution in [2.45, 2.75) is 38.6 Å². The summed E-state index contributed by atoms with van der Waals surface area (Å²) in [4.78, 5) is 12.3. The van der Waals surface area contributed by atoms with E-state index in [2.05, 4.69) is 17.3 Å². The highest BCUT2D eigenvalue weighted by atomic mass is 16.5. The van der Waals surface area contributed by atoms with Crippen LogP contribution >= 0.6 is 0 Å². The Bertz CT molecular complexity index is 917. The minimum atomic E-state index is -0.0357. The van der Waals surface area contributed by atoms with E-state index in [1.54, 1.807) is 6.20 Å². The molecular formula is C22H25N3O3. The van der Waals surface area contributed by atoms with Crippen LogP contribution in [0.1, 0.15) is 37.2 Å². The highest BCUT2D eigenvalue weighted by molar-refractivity contribution is 5.90. The normalized spacial score (nSPS) is 18.0. The Morgan fingerprint density at radius 3 is 3.00 bits per heavy atom. The minimum Gasteiger partial charge on any atom is -0.492 e. The van der Waals surface area contributed by atoms with Gasteiger partial charge in [-0.15, -0.1) is 0 Å². The molecule has 2 atom stereocenters. The van der Waals surface area contributed by atoms with E-state index in [4.69, 9.17) is 9.15 Å². The zero-order valence-corrected chi connectivity index (χ0v) is 16.0. The van der Waals surface area contributed by atoms with E-state index in [0.717, 1.165) is 28.9 Å². The minimum absolute atomic E-state index is 0.0357. The molecule has 0 bridgehead atoms. The Balaban J connectivity index is 1.23. The summed E-state index contributed by atoms with van der Waals surface area (Å²) in [6.45, 7) is 3.42. The monoisotopic (exact) mass is 379 g/mol. The van der Waals surface area contributed by atoms with Crippen LogP contribution in [0.25, 0.3) is 0 Å². The van der Waals surface area contributed by atoms with Gasteiger partial charge in [0, 0.05) is 42.9 Å². The molecule has 6 heteroatoms. The summed E-state index contributed by atoms with van der Waals surface area (Å²) < 4.78 is 13.4. The first-order valence-corrected chi connectivity index (χ1v) is 9.76. The fourth-order valence-electron chi connectivity index (χ4n) is 3.26. The fraction of sp³-hybridized carbons (Fsp3) is 0.364. The lowest BCUT2D eigenvalue weighted by molar-refractivity contribution is -0.116. The molecular weight excluding hydrogens is 354 g/mol. The van der Waals surface area contributed by atoms with Gasteiger partial charge >= 0.3 is 0 Å². The lowest BCUT2D eigenvalue weighted by atomic mass is 10.2. The fourth-order valence-corrected chi connectivity index (χ4v) is 3.26. The first-order valence-electron chi connectivity index (χ1n) is 9.76. The molecule has 2 unspecified atom stereocenters. The topological polar surface area (TPSA) is 69.3 Å². The predicted molar refractivity (Wildman–Crippen MR) is 106 cm³/mol. The number of aryl methyl sites for hydroxylation is 1. The van der Waals surface area contributed by atoms with E-state index >= 15 is 0 Å². The Morgan fingerprint density at radius 1 is 1.32 bits per heavy atom. The molecule has 4 rings (SSSR count). The van der Waals surface area contributed by atoms with Crippen LogP contribution in [0.4, 0.5) is 5.69 Å². The van der Waals surface area contributed by atoms with Crippen LogP contribution in [-0.2, 0) is 17.8 Å². The number of nitrogens with one attached hydrogen (secondary N) is 1. The van der Waals surface area contributed by atoms with Gasteiger partial charge in [-0.3, -0.25) is 9.48 Å². The second-order valence-corrected chi connectivity index (χ2v) is 7.32. The third-order valence-electron chi connectivity index (χ3n) is 5.02. The van der Waals surface area contributed by atoms with Gasteiger partial charge in [0.2, 0.25) is 5.91 Å². The van der Waals surface area contributed by atoms with Crippen molar-refractivity contribution in [2.75, 3.05) is 11.9 Å². The Hall–Kier alpha value is -3.02. The number of ether oxygens (including phenoxy) is 1. The smallest absolute Gasteiger partial charge is 0.224 e. The molecule has 0 aliphatic heterocycles. The maximum atomic E-state index is 12.3. The van der Waals surface area contributed by atoms with Crippen LogP contribution in [0.5, 0.6) is 5.75 Å². The lowest BCUT2D eigenvalue weighted by Gasteiger charge is -2.09. The number of carbonyl (C=O) groups excluding carboxylic acids is 1. The van der Waals surface area contributed by atoms with Gasteiger partial charge in [0.15, 0.2) is 0 Å². The molecule has 2 aromatic heterocycles. The zero-order valence-electron chi connectivity index (χ0n) is 16.0. The van der Waals surface area contributed by atoms with Crippen LogP contribution in [0, 0.1) is 5.92 Å². The molecule has 0 spiro atoms. The van der Waals surface area contributed by atoms with E-state index in [1.165, 1.54) is 6.42 Å². The van der Waals surface area contributed by atoms with Crippen molar-refractivity contribution in [2.24, 2.45) is 5.92 Å². The lowest BCUT2D eigenvalue weighted by Crippen LogP contribution is -2.12. The van der Waals surface area contributed by atoms with Gasteiger partial charge in [-0.2, -0.15) is 5.10 Å². The summed E-state index contributed by atoms with van der Waals surface area (Å²) >= 11 is 0. The standard InChI is InChI=1S/C22H25N3O3/c1-16-14-20(16)21-8-6-18(28-21)7-9-22(26)24-17-4-2-5-19(15-17)27-13-12-25-11-3-10-23-25/h2-6,8,10-11,15-16,20H,7,9,12-14H2,1H3,(H,24,26). The van der Waals surface area contributed by atoms with Crippen molar-refractivity contribution in [1.82, 2.24) is 9.78 Å². The van der Waals surface area contributed by atoms with E-state index in [9.17, 15) is 4.79 Å². The van der Waals surface area contributed by atoms with Gasteiger partial charge in [-0.1, -0.05) is 13.0 Å². The molecule has 1 N–H and O–H groups in total. The highest BCUT2D eigenvalue weighted by Crippen LogP contribution is 2.47. The zero-order chi connectivity index (χ0) is 19.3. The van der Waals surface area contributed by atoms with E-state index in [1.807, 2.05) is 53.3 Å². The van der Waals surface area contributed by atoms with Gasteiger partial charge in [0.1, 0.15) is 23.9 Å². The average Bonchev–Trinajstić information content (AvgIpc) is 3.08. The van der Waals surface area contributed by atoms with Gasteiger partial charge in [-0.25, -0.2) is 0 Å². The van der Waals surface area contributed by atoms with Gasteiger partial charge in [0.25, 0.3) is 0 Å². The maximum Gasteiger partial charge on any atom is 0.224 e. The predicted octanol–water partition coefficient (Wildman–Crippen LogP) is 4.25. The molecule has 1 aromatic carbocycles. The van der Waals surface area contributed by atoms with Gasteiger partial charge in [0.05, 0.1) is 6.54 Å². The summed E-state index contributed by atoms with van der Waals surface area (Å²) in [6.07, 6.45) is 5.83. The third-order valence-corrected chi connectivity index (χ3v) is 5.02. The third kappa shape index (κ3) is 4.82. The van der Waals surface area contributed by atoms with Crippen molar-refractivity contribution >= 4 is 11.6 Å². The molecule has 1 fully saturated rings. The number of amides is 1. The first-order chi connectivity index (χ1) is 13.7. The van der Waals surface area contributed by atoms with Crippen LogP contribution in [0.15, 0.2) is 59.3 Å². The number of furan rings is 1. The molecule has 6 nitrogen and oxygen atoms in total. The van der Waals surface area contributed by atoms with Crippen molar-refractivity contribution < 1.29 is 13.9 Å². The molecule has 1 aliphatic rings. The Kier molecular flexibility index (Phi) is 5.46. The van der Waals surface area contributed by atoms with E-state index in [0.29, 0.717) is 31.9 Å². The molecule has 3 aromatic rings. The van der Waals surface area contributed by atoms with Crippen LogP contribution in [0.2, 0.25) is 0 Å². The molecule has 28 heavy (non-hydrogen) atoms. The number of carbonyl (C=O) groups is 1. The van der Waals surface area contributed by atoms with Crippen molar-refractivity contribution in [3.05, 3.63) is 66.4 Å². The second-order valence-electron chi connectivity index (χ2n) is 7.32. The number of anilines is 1. The van der Waals surface area contributed by atoms with Crippen LogP contribution in [0.3, 0.4) is 0 Å².